The average molecular weight is 369 g/mol. The van der Waals surface area contributed by atoms with Gasteiger partial charge in [-0.3, -0.25) is 4.99 Å². The van der Waals surface area contributed by atoms with E-state index in [-0.39, 0.29) is 18.9 Å². The normalized spacial score (nSPS) is 12.4. The largest absolute Gasteiger partial charge is 0.434 e. The highest BCUT2D eigenvalue weighted by molar-refractivity contribution is 5.79. The smallest absolute Gasteiger partial charge is 0.411 e. The highest BCUT2D eigenvalue weighted by Gasteiger charge is 2.27. The van der Waals surface area contributed by atoms with Gasteiger partial charge in [0.1, 0.15) is 12.4 Å². The number of para-hydroxylation sites is 1. The molecule has 0 aliphatic rings. The van der Waals surface area contributed by atoms with E-state index in [2.05, 4.69) is 25.1 Å². The molecule has 1 aromatic carbocycles. The highest BCUT2D eigenvalue weighted by Crippen LogP contribution is 2.19. The molecule has 0 amide bonds. The molecule has 0 heterocycles. The van der Waals surface area contributed by atoms with Crippen LogP contribution < -0.4 is 15.4 Å². The van der Waals surface area contributed by atoms with Crippen molar-refractivity contribution in [3.63, 3.8) is 0 Å². The number of alkyl halides is 5. The van der Waals surface area contributed by atoms with Crippen LogP contribution in [0.25, 0.3) is 0 Å². The number of nitrogens with zero attached hydrogens (tertiary/aromatic N) is 1. The van der Waals surface area contributed by atoms with Crippen molar-refractivity contribution in [3.8, 4) is 5.75 Å². The molecule has 142 valence electrons. The van der Waals surface area contributed by atoms with Gasteiger partial charge in [-0.1, -0.05) is 18.2 Å². The number of hydrogen-bond donors (Lipinski definition) is 2. The monoisotopic (exact) mass is 369 g/mol. The Kier molecular flexibility index (Phi) is 8.96. The van der Waals surface area contributed by atoms with Crippen LogP contribution >= 0.6 is 0 Å². The van der Waals surface area contributed by atoms with Crippen molar-refractivity contribution in [1.82, 2.24) is 10.6 Å². The van der Waals surface area contributed by atoms with E-state index in [9.17, 15) is 22.0 Å². The molecule has 5 nitrogen and oxygen atoms in total. The second kappa shape index (κ2) is 10.7. The van der Waals surface area contributed by atoms with Gasteiger partial charge in [0, 0.05) is 32.3 Å². The van der Waals surface area contributed by atoms with Crippen LogP contribution in [0.3, 0.4) is 0 Å². The van der Waals surface area contributed by atoms with E-state index in [0.29, 0.717) is 24.5 Å². The lowest BCUT2D eigenvalue weighted by Crippen LogP contribution is -2.37. The Bertz CT molecular complexity index is 538. The van der Waals surface area contributed by atoms with Crippen LogP contribution in [0, 0.1) is 0 Å². The van der Waals surface area contributed by atoms with Crippen LogP contribution in [0.2, 0.25) is 0 Å². The van der Waals surface area contributed by atoms with Crippen LogP contribution in [0.5, 0.6) is 5.75 Å². The van der Waals surface area contributed by atoms with Crippen LogP contribution in [0.1, 0.15) is 12.0 Å². The molecule has 0 atom stereocenters. The minimum atomic E-state index is -4.33. The average Bonchev–Trinajstić information content (AvgIpc) is 2.53. The maximum Gasteiger partial charge on any atom is 0.411 e. The van der Waals surface area contributed by atoms with Crippen LogP contribution in [0.15, 0.2) is 29.3 Å². The second-order valence-electron chi connectivity index (χ2n) is 4.86. The van der Waals surface area contributed by atoms with Crippen molar-refractivity contribution in [2.75, 3.05) is 26.8 Å². The van der Waals surface area contributed by atoms with Crippen molar-refractivity contribution < 1.29 is 31.4 Å². The van der Waals surface area contributed by atoms with Gasteiger partial charge in [-0.25, -0.2) is 0 Å². The topological polar surface area (TPSA) is 54.9 Å². The third-order valence-corrected chi connectivity index (χ3v) is 2.88. The zero-order valence-electron chi connectivity index (χ0n) is 13.6. The molecule has 0 fully saturated rings. The number of nitrogens with one attached hydrogen (secondary N) is 2. The molecular formula is C15H20F5N3O2. The zero-order valence-corrected chi connectivity index (χ0v) is 13.6. The predicted octanol–water partition coefficient (Wildman–Crippen LogP) is 2.92. The summed E-state index contributed by atoms with van der Waals surface area (Å²) in [5.41, 5.74) is 0.513. The van der Waals surface area contributed by atoms with Crippen LogP contribution in [-0.4, -0.2) is 45.6 Å². The van der Waals surface area contributed by atoms with Crippen molar-refractivity contribution >= 4 is 5.96 Å². The van der Waals surface area contributed by atoms with Gasteiger partial charge in [-0.2, -0.15) is 22.0 Å². The molecule has 1 rings (SSSR count). The van der Waals surface area contributed by atoms with Crippen molar-refractivity contribution in [1.29, 1.82) is 0 Å². The number of guanidine groups is 1. The first-order valence-electron chi connectivity index (χ1n) is 7.43. The van der Waals surface area contributed by atoms with E-state index in [1.54, 1.807) is 18.2 Å². The SMILES string of the molecule is CN=C(NCCCOCC(F)(F)F)NCc1ccccc1OC(F)F. The Morgan fingerprint density at radius 1 is 1.20 bits per heavy atom. The fourth-order valence-corrected chi connectivity index (χ4v) is 1.83. The van der Waals surface area contributed by atoms with Gasteiger partial charge in [0.25, 0.3) is 0 Å². The molecule has 0 spiro atoms. The van der Waals surface area contributed by atoms with E-state index in [1.165, 1.54) is 13.1 Å². The van der Waals surface area contributed by atoms with Gasteiger partial charge < -0.3 is 20.1 Å². The van der Waals surface area contributed by atoms with Gasteiger partial charge >= 0.3 is 12.8 Å². The summed E-state index contributed by atoms with van der Waals surface area (Å²) in [6, 6.07) is 6.32. The molecule has 0 saturated heterocycles. The quantitative estimate of drug-likeness (QED) is 0.304. The van der Waals surface area contributed by atoms with Crippen molar-refractivity contribution in [3.05, 3.63) is 29.8 Å². The van der Waals surface area contributed by atoms with E-state index < -0.39 is 19.4 Å². The molecule has 25 heavy (non-hydrogen) atoms. The molecule has 0 radical (unpaired) electrons. The fourth-order valence-electron chi connectivity index (χ4n) is 1.83. The molecule has 0 aliphatic carbocycles. The first-order chi connectivity index (χ1) is 11.8. The first-order valence-corrected chi connectivity index (χ1v) is 7.43. The van der Waals surface area contributed by atoms with Gasteiger partial charge in [-0.05, 0) is 12.5 Å². The van der Waals surface area contributed by atoms with Crippen molar-refractivity contribution in [2.45, 2.75) is 25.8 Å². The Morgan fingerprint density at radius 2 is 1.92 bits per heavy atom. The Morgan fingerprint density at radius 3 is 2.56 bits per heavy atom. The minimum absolute atomic E-state index is 0.0471. The van der Waals surface area contributed by atoms with Gasteiger partial charge in [-0.15, -0.1) is 0 Å². The Balaban J connectivity index is 2.33. The number of benzene rings is 1. The van der Waals surface area contributed by atoms with Crippen LogP contribution in [-0.2, 0) is 11.3 Å². The number of halogens is 5. The highest BCUT2D eigenvalue weighted by atomic mass is 19.4. The zero-order chi connectivity index (χ0) is 18.7. The third-order valence-electron chi connectivity index (χ3n) is 2.88. The summed E-state index contributed by atoms with van der Waals surface area (Å²) in [5, 5.41) is 5.79. The predicted molar refractivity (Wildman–Crippen MR) is 82.8 cm³/mol. The van der Waals surface area contributed by atoms with E-state index >= 15 is 0 Å². The number of rotatable bonds is 9. The lowest BCUT2D eigenvalue weighted by molar-refractivity contribution is -0.173. The standard InChI is InChI=1S/C15H20F5N3O2/c1-21-14(22-7-4-8-24-10-15(18,19)20)23-9-11-5-2-3-6-12(11)25-13(16)17/h2-3,5-6,13H,4,7-10H2,1H3,(H2,21,22,23). The van der Waals surface area contributed by atoms with E-state index in [0.717, 1.165) is 0 Å². The summed E-state index contributed by atoms with van der Waals surface area (Å²) in [6.07, 6.45) is -3.99. The van der Waals surface area contributed by atoms with Crippen LogP contribution in [0.4, 0.5) is 22.0 Å². The first kappa shape index (κ1) is 20.9. The number of hydrogen-bond acceptors (Lipinski definition) is 3. The summed E-state index contributed by atoms with van der Waals surface area (Å²) < 4.78 is 69.3. The number of ether oxygens (including phenoxy) is 2. The molecule has 0 aromatic heterocycles. The summed E-state index contributed by atoms with van der Waals surface area (Å²) >= 11 is 0. The molecule has 0 aliphatic heterocycles. The lowest BCUT2D eigenvalue weighted by Gasteiger charge is -2.14. The molecule has 0 unspecified atom stereocenters. The lowest BCUT2D eigenvalue weighted by atomic mass is 10.2. The summed E-state index contributed by atoms with van der Waals surface area (Å²) in [4.78, 5) is 3.94. The summed E-state index contributed by atoms with van der Waals surface area (Å²) in [6.45, 7) is -3.72. The minimum Gasteiger partial charge on any atom is -0.434 e. The molecule has 0 bridgehead atoms. The molecule has 2 N–H and O–H groups in total. The molecule has 1 aromatic rings. The fraction of sp³-hybridized carbons (Fsp3) is 0.533. The molecule has 10 heteroatoms. The number of aliphatic imine (C=N–C) groups is 1. The molecule has 0 saturated carbocycles. The Labute approximate surface area is 142 Å². The van der Waals surface area contributed by atoms with E-state index in [4.69, 9.17) is 0 Å². The van der Waals surface area contributed by atoms with Gasteiger partial charge in [0.15, 0.2) is 5.96 Å². The maximum atomic E-state index is 12.3. The van der Waals surface area contributed by atoms with Crippen molar-refractivity contribution in [2.24, 2.45) is 4.99 Å². The molecular weight excluding hydrogens is 349 g/mol. The maximum absolute atomic E-state index is 12.3. The van der Waals surface area contributed by atoms with E-state index in [1.807, 2.05) is 0 Å². The van der Waals surface area contributed by atoms with Gasteiger partial charge in [0.2, 0.25) is 0 Å². The van der Waals surface area contributed by atoms with Gasteiger partial charge in [0.05, 0.1) is 0 Å². The Hall–Kier alpha value is -2.10. The summed E-state index contributed by atoms with van der Waals surface area (Å²) in [5.74, 6) is 0.434. The summed E-state index contributed by atoms with van der Waals surface area (Å²) in [7, 11) is 1.51. The second-order valence-corrected chi connectivity index (χ2v) is 4.86. The third kappa shape index (κ3) is 9.70.